The predicted octanol–water partition coefficient (Wildman–Crippen LogP) is 3.65. The van der Waals surface area contributed by atoms with Crippen molar-refractivity contribution in [3.05, 3.63) is 66.0 Å². The van der Waals surface area contributed by atoms with Crippen molar-refractivity contribution in [2.24, 2.45) is 0 Å². The zero-order chi connectivity index (χ0) is 19.7. The molecular formula is C21H26N2O4. The highest BCUT2D eigenvalue weighted by Gasteiger charge is 2.25. The van der Waals surface area contributed by atoms with E-state index < -0.39 is 23.7 Å². The summed E-state index contributed by atoms with van der Waals surface area (Å²) in [7, 11) is 0. The molecule has 1 N–H and O–H groups in total. The molecule has 0 bridgehead atoms. The Balaban J connectivity index is 1.98. The fraction of sp³-hybridized carbons (Fsp3) is 0.381. The summed E-state index contributed by atoms with van der Waals surface area (Å²) in [4.78, 5) is 28.7. The minimum atomic E-state index is -0.802. The first kappa shape index (κ1) is 20.4. The van der Waals surface area contributed by atoms with Crippen LogP contribution in [0.15, 0.2) is 54.9 Å². The largest absolute Gasteiger partial charge is 0.459 e. The van der Waals surface area contributed by atoms with Crippen LogP contribution in [0.2, 0.25) is 0 Å². The van der Waals surface area contributed by atoms with Crippen LogP contribution in [0, 0.1) is 0 Å². The number of aromatic nitrogens is 1. The maximum absolute atomic E-state index is 12.5. The summed E-state index contributed by atoms with van der Waals surface area (Å²) < 4.78 is 10.6. The number of rotatable bonds is 7. The SMILES string of the molecule is CC(C)(C)OC(=O)N[C@@H](CCc1cccnc1)C(=O)OCc1ccccc1. The molecule has 0 aliphatic rings. The van der Waals surface area contributed by atoms with Crippen LogP contribution in [-0.4, -0.2) is 28.7 Å². The number of ether oxygens (including phenoxy) is 2. The number of pyridine rings is 1. The van der Waals surface area contributed by atoms with E-state index in [0.29, 0.717) is 12.8 Å². The van der Waals surface area contributed by atoms with E-state index in [-0.39, 0.29) is 6.61 Å². The normalized spacial score (nSPS) is 12.1. The summed E-state index contributed by atoms with van der Waals surface area (Å²) in [6.45, 7) is 5.46. The molecule has 0 spiro atoms. The van der Waals surface area contributed by atoms with Gasteiger partial charge in [0.2, 0.25) is 0 Å². The Labute approximate surface area is 159 Å². The number of hydrogen-bond acceptors (Lipinski definition) is 5. The van der Waals surface area contributed by atoms with Gasteiger partial charge in [-0.25, -0.2) is 9.59 Å². The minimum Gasteiger partial charge on any atom is -0.459 e. The van der Waals surface area contributed by atoms with Gasteiger partial charge in [0.05, 0.1) is 0 Å². The molecule has 6 heteroatoms. The first-order valence-corrected chi connectivity index (χ1v) is 8.92. The molecule has 0 radical (unpaired) electrons. The number of amides is 1. The van der Waals surface area contributed by atoms with Gasteiger partial charge in [-0.2, -0.15) is 0 Å². The number of carbonyl (C=O) groups is 2. The van der Waals surface area contributed by atoms with E-state index in [9.17, 15) is 9.59 Å². The molecule has 0 aliphatic heterocycles. The van der Waals surface area contributed by atoms with Crippen molar-refractivity contribution in [2.45, 2.75) is 51.9 Å². The zero-order valence-corrected chi connectivity index (χ0v) is 16.0. The molecule has 1 amide bonds. The maximum atomic E-state index is 12.5. The van der Waals surface area contributed by atoms with Gasteiger partial charge in [0.25, 0.3) is 0 Å². The molecule has 0 saturated carbocycles. The van der Waals surface area contributed by atoms with Crippen LogP contribution in [0.25, 0.3) is 0 Å². The fourth-order valence-electron chi connectivity index (χ4n) is 2.39. The quantitative estimate of drug-likeness (QED) is 0.753. The van der Waals surface area contributed by atoms with Gasteiger partial charge in [-0.15, -0.1) is 0 Å². The standard InChI is InChI=1S/C21H26N2O4/c1-21(2,3)27-20(25)23-18(12-11-16-10-7-13-22-14-16)19(24)26-15-17-8-5-4-6-9-17/h4-10,13-14,18H,11-12,15H2,1-3H3,(H,23,25)/t18-/m0/s1. The molecule has 0 aliphatic carbocycles. The topological polar surface area (TPSA) is 77.5 Å². The van der Waals surface area contributed by atoms with Crippen molar-refractivity contribution < 1.29 is 19.1 Å². The Morgan fingerprint density at radius 2 is 1.78 bits per heavy atom. The summed E-state index contributed by atoms with van der Waals surface area (Å²) >= 11 is 0. The van der Waals surface area contributed by atoms with Crippen molar-refractivity contribution in [1.82, 2.24) is 10.3 Å². The van der Waals surface area contributed by atoms with E-state index in [2.05, 4.69) is 10.3 Å². The van der Waals surface area contributed by atoms with Gasteiger partial charge in [0, 0.05) is 12.4 Å². The first-order chi connectivity index (χ1) is 12.8. The highest BCUT2D eigenvalue weighted by Crippen LogP contribution is 2.10. The molecule has 2 aromatic rings. The fourth-order valence-corrected chi connectivity index (χ4v) is 2.39. The van der Waals surface area contributed by atoms with Crippen LogP contribution >= 0.6 is 0 Å². The van der Waals surface area contributed by atoms with Crippen molar-refractivity contribution in [3.8, 4) is 0 Å². The molecule has 0 unspecified atom stereocenters. The summed E-state index contributed by atoms with van der Waals surface area (Å²) in [6.07, 6.45) is 3.75. The number of alkyl carbamates (subject to hydrolysis) is 1. The van der Waals surface area contributed by atoms with Crippen molar-refractivity contribution in [3.63, 3.8) is 0 Å². The van der Waals surface area contributed by atoms with Crippen LogP contribution in [-0.2, 0) is 27.3 Å². The van der Waals surface area contributed by atoms with Gasteiger partial charge in [-0.3, -0.25) is 4.98 Å². The second kappa shape index (κ2) is 9.71. The van der Waals surface area contributed by atoms with Crippen LogP contribution in [0.3, 0.4) is 0 Å². The minimum absolute atomic E-state index is 0.152. The number of benzene rings is 1. The van der Waals surface area contributed by atoms with E-state index in [4.69, 9.17) is 9.47 Å². The predicted molar refractivity (Wildman–Crippen MR) is 102 cm³/mol. The molecule has 1 heterocycles. The summed E-state index contributed by atoms with van der Waals surface area (Å²) in [5.74, 6) is -0.492. The highest BCUT2D eigenvalue weighted by molar-refractivity contribution is 5.81. The Morgan fingerprint density at radius 1 is 1.07 bits per heavy atom. The van der Waals surface area contributed by atoms with Gasteiger partial charge >= 0.3 is 12.1 Å². The third kappa shape index (κ3) is 7.90. The second-order valence-corrected chi connectivity index (χ2v) is 7.19. The molecule has 1 atom stereocenters. The van der Waals surface area contributed by atoms with Gasteiger partial charge in [-0.05, 0) is 50.8 Å². The highest BCUT2D eigenvalue weighted by atomic mass is 16.6. The van der Waals surface area contributed by atoms with Gasteiger partial charge in [-0.1, -0.05) is 36.4 Å². The van der Waals surface area contributed by atoms with Gasteiger partial charge < -0.3 is 14.8 Å². The molecule has 0 saturated heterocycles. The Morgan fingerprint density at radius 3 is 2.41 bits per heavy atom. The van der Waals surface area contributed by atoms with E-state index in [1.807, 2.05) is 42.5 Å². The average Bonchev–Trinajstić information content (AvgIpc) is 2.63. The molecule has 1 aromatic carbocycles. The molecular weight excluding hydrogens is 344 g/mol. The van der Waals surface area contributed by atoms with E-state index in [1.54, 1.807) is 33.2 Å². The molecule has 1 aromatic heterocycles. The number of carbonyl (C=O) groups excluding carboxylic acids is 2. The van der Waals surface area contributed by atoms with Crippen molar-refractivity contribution in [2.75, 3.05) is 0 Å². The number of hydrogen-bond donors (Lipinski definition) is 1. The van der Waals surface area contributed by atoms with Crippen LogP contribution < -0.4 is 5.32 Å². The number of nitrogens with zero attached hydrogens (tertiary/aromatic N) is 1. The zero-order valence-electron chi connectivity index (χ0n) is 16.0. The number of aryl methyl sites for hydroxylation is 1. The lowest BCUT2D eigenvalue weighted by molar-refractivity contribution is -0.147. The molecule has 144 valence electrons. The van der Waals surface area contributed by atoms with Crippen molar-refractivity contribution >= 4 is 12.1 Å². The summed E-state index contributed by atoms with van der Waals surface area (Å²) in [5.41, 5.74) is 1.21. The summed E-state index contributed by atoms with van der Waals surface area (Å²) in [5, 5.41) is 2.62. The van der Waals surface area contributed by atoms with Gasteiger partial charge in [0.15, 0.2) is 0 Å². The van der Waals surface area contributed by atoms with Crippen LogP contribution in [0.4, 0.5) is 4.79 Å². The monoisotopic (exact) mass is 370 g/mol. The van der Waals surface area contributed by atoms with Gasteiger partial charge in [0.1, 0.15) is 18.2 Å². The third-order valence-corrected chi connectivity index (χ3v) is 3.64. The van der Waals surface area contributed by atoms with Crippen LogP contribution in [0.1, 0.15) is 38.3 Å². The van der Waals surface area contributed by atoms with Crippen LogP contribution in [0.5, 0.6) is 0 Å². The maximum Gasteiger partial charge on any atom is 0.408 e. The molecule has 6 nitrogen and oxygen atoms in total. The van der Waals surface area contributed by atoms with E-state index >= 15 is 0 Å². The van der Waals surface area contributed by atoms with E-state index in [1.165, 1.54) is 0 Å². The lowest BCUT2D eigenvalue weighted by atomic mass is 10.1. The van der Waals surface area contributed by atoms with Crippen molar-refractivity contribution in [1.29, 1.82) is 0 Å². The number of nitrogens with one attached hydrogen (secondary N) is 1. The third-order valence-electron chi connectivity index (χ3n) is 3.64. The Kier molecular flexibility index (Phi) is 7.34. The second-order valence-electron chi connectivity index (χ2n) is 7.19. The molecule has 0 fully saturated rings. The smallest absolute Gasteiger partial charge is 0.408 e. The first-order valence-electron chi connectivity index (χ1n) is 8.92. The van der Waals surface area contributed by atoms with E-state index in [0.717, 1.165) is 11.1 Å². The molecule has 2 rings (SSSR count). The lowest BCUT2D eigenvalue weighted by Crippen LogP contribution is -2.44. The lowest BCUT2D eigenvalue weighted by Gasteiger charge is -2.23. The Hall–Kier alpha value is -2.89. The average molecular weight is 370 g/mol. The summed E-state index contributed by atoms with van der Waals surface area (Å²) in [6, 6.07) is 12.4. The molecule has 27 heavy (non-hydrogen) atoms. The number of esters is 1. The Bertz CT molecular complexity index is 727.